The third-order valence-electron chi connectivity index (χ3n) is 2.86. The van der Waals surface area contributed by atoms with Gasteiger partial charge in [-0.1, -0.05) is 26.0 Å². The topological polar surface area (TPSA) is 41.5 Å². The Morgan fingerprint density at radius 1 is 1.11 bits per heavy atom. The van der Waals surface area contributed by atoms with E-state index < -0.39 is 0 Å². The molecule has 18 heavy (non-hydrogen) atoms. The third-order valence-corrected chi connectivity index (χ3v) is 2.86. The van der Waals surface area contributed by atoms with E-state index in [4.69, 9.17) is 4.74 Å². The Bertz CT molecular complexity index is 333. The van der Waals surface area contributed by atoms with Gasteiger partial charge in [-0.25, -0.2) is 0 Å². The standard InChI is InChI=1S/C15H25NO2/c1-11(2)15(10-17)16-9-13-5-7-14(8-6-13)18-12(3)4/h5-8,11-12,15-17H,9-10H2,1-4H3/t15-/m1/s1. The van der Waals surface area contributed by atoms with Crippen molar-refractivity contribution in [3.63, 3.8) is 0 Å². The normalized spacial score (nSPS) is 13.1. The molecular weight excluding hydrogens is 226 g/mol. The number of aliphatic hydroxyl groups is 1. The van der Waals surface area contributed by atoms with Crippen molar-refractivity contribution < 1.29 is 9.84 Å². The van der Waals surface area contributed by atoms with Gasteiger partial charge in [0.15, 0.2) is 0 Å². The van der Waals surface area contributed by atoms with E-state index in [0.717, 1.165) is 12.3 Å². The van der Waals surface area contributed by atoms with E-state index in [9.17, 15) is 5.11 Å². The lowest BCUT2D eigenvalue weighted by atomic mass is 10.1. The highest BCUT2D eigenvalue weighted by atomic mass is 16.5. The van der Waals surface area contributed by atoms with E-state index in [2.05, 4.69) is 31.3 Å². The number of benzene rings is 1. The minimum Gasteiger partial charge on any atom is -0.491 e. The average Bonchev–Trinajstić information content (AvgIpc) is 2.31. The van der Waals surface area contributed by atoms with Gasteiger partial charge >= 0.3 is 0 Å². The van der Waals surface area contributed by atoms with Crippen molar-refractivity contribution in [2.24, 2.45) is 5.92 Å². The van der Waals surface area contributed by atoms with Gasteiger partial charge in [0.25, 0.3) is 0 Å². The summed E-state index contributed by atoms with van der Waals surface area (Å²) in [5.74, 6) is 1.33. The number of hydrogen-bond donors (Lipinski definition) is 2. The van der Waals surface area contributed by atoms with Gasteiger partial charge in [0, 0.05) is 12.6 Å². The molecule has 2 N–H and O–H groups in total. The Balaban J connectivity index is 2.48. The second-order valence-electron chi connectivity index (χ2n) is 5.22. The quantitative estimate of drug-likeness (QED) is 0.782. The molecule has 0 aliphatic carbocycles. The van der Waals surface area contributed by atoms with Crippen LogP contribution in [0.25, 0.3) is 0 Å². The van der Waals surface area contributed by atoms with Crippen molar-refractivity contribution in [2.75, 3.05) is 6.61 Å². The van der Waals surface area contributed by atoms with Crippen molar-refractivity contribution in [3.8, 4) is 5.75 Å². The molecule has 0 spiro atoms. The van der Waals surface area contributed by atoms with E-state index in [-0.39, 0.29) is 18.8 Å². The molecule has 0 saturated carbocycles. The van der Waals surface area contributed by atoms with Crippen LogP contribution >= 0.6 is 0 Å². The second-order valence-corrected chi connectivity index (χ2v) is 5.22. The maximum Gasteiger partial charge on any atom is 0.119 e. The van der Waals surface area contributed by atoms with Crippen molar-refractivity contribution >= 4 is 0 Å². The van der Waals surface area contributed by atoms with Crippen LogP contribution < -0.4 is 10.1 Å². The van der Waals surface area contributed by atoms with Crippen molar-refractivity contribution in [1.82, 2.24) is 5.32 Å². The Morgan fingerprint density at radius 2 is 1.72 bits per heavy atom. The fourth-order valence-corrected chi connectivity index (χ4v) is 1.72. The van der Waals surface area contributed by atoms with Crippen LogP contribution in [0, 0.1) is 5.92 Å². The first-order chi connectivity index (χ1) is 8.52. The molecule has 0 amide bonds. The first-order valence-electron chi connectivity index (χ1n) is 6.62. The smallest absolute Gasteiger partial charge is 0.119 e. The first kappa shape index (κ1) is 15.0. The van der Waals surface area contributed by atoms with E-state index in [0.29, 0.717) is 5.92 Å². The summed E-state index contributed by atoms with van der Waals surface area (Å²) >= 11 is 0. The van der Waals surface area contributed by atoms with Crippen molar-refractivity contribution in [3.05, 3.63) is 29.8 Å². The van der Waals surface area contributed by atoms with Gasteiger partial charge in [-0.2, -0.15) is 0 Å². The molecule has 0 aliphatic rings. The van der Waals surface area contributed by atoms with Crippen molar-refractivity contribution in [2.45, 2.75) is 46.4 Å². The highest BCUT2D eigenvalue weighted by Gasteiger charge is 2.10. The van der Waals surface area contributed by atoms with Crippen LogP contribution in [0.15, 0.2) is 24.3 Å². The fourth-order valence-electron chi connectivity index (χ4n) is 1.72. The second kappa shape index (κ2) is 7.39. The largest absolute Gasteiger partial charge is 0.491 e. The molecule has 1 aromatic carbocycles. The summed E-state index contributed by atoms with van der Waals surface area (Å²) in [5, 5.41) is 12.6. The van der Waals surface area contributed by atoms with Crippen molar-refractivity contribution in [1.29, 1.82) is 0 Å². The van der Waals surface area contributed by atoms with E-state index in [1.165, 1.54) is 5.56 Å². The van der Waals surface area contributed by atoms with Crippen LogP contribution in [0.3, 0.4) is 0 Å². The zero-order valence-electron chi connectivity index (χ0n) is 11.8. The molecule has 0 unspecified atom stereocenters. The van der Waals surface area contributed by atoms with Gasteiger partial charge in [0.2, 0.25) is 0 Å². The van der Waals surface area contributed by atoms with E-state index in [1.54, 1.807) is 0 Å². The molecule has 0 bridgehead atoms. The number of nitrogens with one attached hydrogen (secondary N) is 1. The summed E-state index contributed by atoms with van der Waals surface area (Å²) in [6.07, 6.45) is 0.202. The van der Waals surface area contributed by atoms with Gasteiger partial charge in [-0.15, -0.1) is 0 Å². The Labute approximate surface area is 110 Å². The summed E-state index contributed by atoms with van der Waals surface area (Å²) < 4.78 is 5.59. The average molecular weight is 251 g/mol. The minimum atomic E-state index is 0.150. The summed E-state index contributed by atoms with van der Waals surface area (Å²) in [6, 6.07) is 8.23. The number of ether oxygens (including phenoxy) is 1. The number of hydrogen-bond acceptors (Lipinski definition) is 3. The molecule has 0 saturated heterocycles. The van der Waals surface area contributed by atoms with Crippen LogP contribution in [0.4, 0.5) is 0 Å². The molecule has 0 fully saturated rings. The highest BCUT2D eigenvalue weighted by molar-refractivity contribution is 5.27. The summed E-state index contributed by atoms with van der Waals surface area (Å²) in [4.78, 5) is 0. The van der Waals surface area contributed by atoms with Gasteiger partial charge < -0.3 is 15.2 Å². The van der Waals surface area contributed by atoms with E-state index >= 15 is 0 Å². The SMILES string of the molecule is CC(C)Oc1ccc(CN[C@H](CO)C(C)C)cc1. The Kier molecular flexibility index (Phi) is 6.16. The molecule has 0 aliphatic heterocycles. The summed E-state index contributed by atoms with van der Waals surface area (Å²) in [6.45, 7) is 9.19. The lowest BCUT2D eigenvalue weighted by Gasteiger charge is -2.20. The monoisotopic (exact) mass is 251 g/mol. The summed E-state index contributed by atoms with van der Waals surface area (Å²) in [5.41, 5.74) is 1.20. The van der Waals surface area contributed by atoms with Crippen LogP contribution in [0.1, 0.15) is 33.3 Å². The molecule has 1 aromatic rings. The first-order valence-corrected chi connectivity index (χ1v) is 6.62. The molecule has 3 heteroatoms. The maximum atomic E-state index is 9.24. The van der Waals surface area contributed by atoms with Crippen LogP contribution in [-0.2, 0) is 6.54 Å². The number of rotatable bonds is 7. The Morgan fingerprint density at radius 3 is 2.17 bits per heavy atom. The van der Waals surface area contributed by atoms with Gasteiger partial charge in [0.1, 0.15) is 5.75 Å². The minimum absolute atomic E-state index is 0.150. The van der Waals surface area contributed by atoms with Gasteiger partial charge in [-0.3, -0.25) is 0 Å². The summed E-state index contributed by atoms with van der Waals surface area (Å²) in [7, 11) is 0. The predicted molar refractivity (Wildman–Crippen MR) is 74.8 cm³/mol. The Hall–Kier alpha value is -1.06. The van der Waals surface area contributed by atoms with E-state index in [1.807, 2.05) is 26.0 Å². The molecule has 1 rings (SSSR count). The zero-order valence-corrected chi connectivity index (χ0v) is 11.8. The molecule has 0 radical (unpaired) electrons. The van der Waals surface area contributed by atoms with Crippen LogP contribution in [0.2, 0.25) is 0 Å². The molecule has 1 atom stereocenters. The molecule has 0 heterocycles. The lowest BCUT2D eigenvalue weighted by Crippen LogP contribution is -2.36. The lowest BCUT2D eigenvalue weighted by molar-refractivity contribution is 0.210. The molecule has 3 nitrogen and oxygen atoms in total. The van der Waals surface area contributed by atoms with Gasteiger partial charge in [0.05, 0.1) is 12.7 Å². The molecular formula is C15H25NO2. The zero-order chi connectivity index (χ0) is 13.5. The van der Waals surface area contributed by atoms with Crippen LogP contribution in [-0.4, -0.2) is 23.9 Å². The highest BCUT2D eigenvalue weighted by Crippen LogP contribution is 2.14. The molecule has 0 aromatic heterocycles. The predicted octanol–water partition coefficient (Wildman–Crippen LogP) is 2.58. The third kappa shape index (κ3) is 5.07. The number of aliphatic hydroxyl groups excluding tert-OH is 1. The van der Waals surface area contributed by atoms with Crippen LogP contribution in [0.5, 0.6) is 5.75 Å². The fraction of sp³-hybridized carbons (Fsp3) is 0.600. The molecule has 102 valence electrons. The maximum absolute atomic E-state index is 9.24. The van der Waals surface area contributed by atoms with Gasteiger partial charge in [-0.05, 0) is 37.5 Å².